The number of aliphatic hydroxyl groups excluding tert-OH is 2. The number of carbonyl (C=O) groups is 2. The van der Waals surface area contributed by atoms with Crippen molar-refractivity contribution in [3.63, 3.8) is 0 Å². The number of allylic oxidation sites excluding steroid dienone is 9. The van der Waals surface area contributed by atoms with Crippen molar-refractivity contribution in [2.24, 2.45) is 5.92 Å². The predicted octanol–water partition coefficient (Wildman–Crippen LogP) is 9.27. The molecule has 2 atom stereocenters. The third-order valence-corrected chi connectivity index (χ3v) is 7.10. The molecule has 0 heterocycles. The summed E-state index contributed by atoms with van der Waals surface area (Å²) in [6.45, 7) is 6.21. The summed E-state index contributed by atoms with van der Waals surface area (Å²) >= 11 is 0. The zero-order valence-electron chi connectivity index (χ0n) is 28.2. The summed E-state index contributed by atoms with van der Waals surface area (Å²) in [5.74, 6) is 0.154. The number of ether oxygens (including phenoxy) is 2. The van der Waals surface area contributed by atoms with E-state index in [1.807, 2.05) is 19.1 Å². The molecule has 0 aromatic heterocycles. The summed E-state index contributed by atoms with van der Waals surface area (Å²) in [6, 6.07) is 0. The monoisotopic (exact) mass is 616 g/mol. The van der Waals surface area contributed by atoms with Gasteiger partial charge in [0.15, 0.2) is 0 Å². The van der Waals surface area contributed by atoms with Crippen LogP contribution in [0, 0.1) is 5.92 Å². The molecule has 0 bridgehead atoms. The van der Waals surface area contributed by atoms with E-state index in [-0.39, 0.29) is 31.3 Å². The third kappa shape index (κ3) is 32.5. The molecule has 0 unspecified atom stereocenters. The highest BCUT2D eigenvalue weighted by atomic mass is 16.6. The number of rotatable bonds is 29. The Morgan fingerprint density at radius 1 is 0.614 bits per heavy atom. The summed E-state index contributed by atoms with van der Waals surface area (Å²) in [5, 5.41) is 19.4. The molecule has 2 N–H and O–H groups in total. The number of carbonyl (C=O) groups excluding carboxylic acids is 2. The first-order chi connectivity index (χ1) is 21.3. The Kier molecular flexibility index (Phi) is 30.2. The SMILES string of the molecule is CC[C@H](O)/C=C/C=C\C/C=C\C/C=C\C/C=C\CCCC(=O)OC[C@@H](O)COC(=O)CCCCCCCCCCCC(C)C. The van der Waals surface area contributed by atoms with Crippen molar-refractivity contribution in [1.29, 1.82) is 0 Å². The molecule has 0 spiro atoms. The van der Waals surface area contributed by atoms with Gasteiger partial charge in [0, 0.05) is 12.8 Å². The molecule has 252 valence electrons. The van der Waals surface area contributed by atoms with Gasteiger partial charge in [-0.05, 0) is 50.9 Å². The van der Waals surface area contributed by atoms with Crippen LogP contribution in [0.1, 0.15) is 136 Å². The third-order valence-electron chi connectivity index (χ3n) is 7.10. The fraction of sp³-hybridized carbons (Fsp3) is 0.684. The Bertz CT molecular complexity index is 823. The smallest absolute Gasteiger partial charge is 0.305 e. The van der Waals surface area contributed by atoms with Gasteiger partial charge in [0.05, 0.1) is 6.10 Å². The lowest BCUT2D eigenvalue weighted by molar-refractivity contribution is -0.152. The first kappa shape index (κ1) is 41.6. The zero-order valence-corrected chi connectivity index (χ0v) is 28.2. The zero-order chi connectivity index (χ0) is 32.5. The van der Waals surface area contributed by atoms with Gasteiger partial charge in [-0.25, -0.2) is 0 Å². The molecule has 6 heteroatoms. The minimum absolute atomic E-state index is 0.144. The van der Waals surface area contributed by atoms with E-state index in [0.717, 1.165) is 57.3 Å². The van der Waals surface area contributed by atoms with E-state index in [4.69, 9.17) is 9.47 Å². The Labute approximate surface area is 269 Å². The second kappa shape index (κ2) is 32.0. The molecule has 0 aliphatic carbocycles. The fourth-order valence-electron chi connectivity index (χ4n) is 4.31. The molecule has 0 radical (unpaired) electrons. The van der Waals surface area contributed by atoms with Crippen LogP contribution in [0.15, 0.2) is 60.8 Å². The summed E-state index contributed by atoms with van der Waals surface area (Å²) in [4.78, 5) is 23.8. The number of esters is 2. The molecule has 0 amide bonds. The van der Waals surface area contributed by atoms with E-state index >= 15 is 0 Å². The van der Waals surface area contributed by atoms with Gasteiger partial charge in [0.25, 0.3) is 0 Å². The standard InChI is InChI=1S/C38H64O6/c1-4-35(39)29-25-21-17-13-9-7-5-6-8-10-14-18-22-26-30-37(41)43-32-36(40)33-44-38(42)31-27-23-19-15-11-12-16-20-24-28-34(2)3/h6-9,14,17-18,21,25,29,34-36,39-40H,4-5,10-13,15-16,19-20,22-24,26-28,30-33H2,1-3H3/b8-6-,9-7-,18-14-,21-17-,29-25+/t35-,36+/m0/s1. The minimum Gasteiger partial charge on any atom is -0.463 e. The minimum atomic E-state index is -0.996. The summed E-state index contributed by atoms with van der Waals surface area (Å²) in [5.41, 5.74) is 0. The lowest BCUT2D eigenvalue weighted by Crippen LogP contribution is -2.25. The summed E-state index contributed by atoms with van der Waals surface area (Å²) in [7, 11) is 0. The van der Waals surface area contributed by atoms with Gasteiger partial charge >= 0.3 is 11.9 Å². The lowest BCUT2D eigenvalue weighted by atomic mass is 10.0. The number of aliphatic hydroxyl groups is 2. The first-order valence-corrected chi connectivity index (χ1v) is 17.3. The molecule has 0 aliphatic heterocycles. The van der Waals surface area contributed by atoms with Gasteiger partial charge in [0.2, 0.25) is 0 Å². The molecule has 0 saturated heterocycles. The maximum atomic E-state index is 11.9. The second-order valence-corrected chi connectivity index (χ2v) is 11.9. The highest BCUT2D eigenvalue weighted by Crippen LogP contribution is 2.13. The van der Waals surface area contributed by atoms with Gasteiger partial charge in [-0.2, -0.15) is 0 Å². The fourth-order valence-corrected chi connectivity index (χ4v) is 4.31. The topological polar surface area (TPSA) is 93.1 Å². The molecular weight excluding hydrogens is 552 g/mol. The van der Waals surface area contributed by atoms with Crippen LogP contribution in [-0.2, 0) is 19.1 Å². The van der Waals surface area contributed by atoms with Crippen molar-refractivity contribution in [3.05, 3.63) is 60.8 Å². The van der Waals surface area contributed by atoms with E-state index in [1.165, 1.54) is 44.9 Å². The van der Waals surface area contributed by atoms with Crippen molar-refractivity contribution in [2.45, 2.75) is 149 Å². The number of hydrogen-bond donors (Lipinski definition) is 2. The Hall–Kier alpha value is -2.44. The van der Waals surface area contributed by atoms with E-state index < -0.39 is 6.10 Å². The first-order valence-electron chi connectivity index (χ1n) is 17.3. The predicted molar refractivity (Wildman–Crippen MR) is 183 cm³/mol. The van der Waals surface area contributed by atoms with Gasteiger partial charge in [-0.3, -0.25) is 9.59 Å². The van der Waals surface area contributed by atoms with Crippen LogP contribution < -0.4 is 0 Å². The van der Waals surface area contributed by atoms with Crippen molar-refractivity contribution in [2.75, 3.05) is 13.2 Å². The normalized spacial score (nSPS) is 13.8. The Morgan fingerprint density at radius 2 is 1.09 bits per heavy atom. The van der Waals surface area contributed by atoms with E-state index in [2.05, 4.69) is 56.4 Å². The van der Waals surface area contributed by atoms with Crippen LogP contribution in [-0.4, -0.2) is 47.6 Å². The largest absolute Gasteiger partial charge is 0.463 e. The summed E-state index contributed by atoms with van der Waals surface area (Å²) in [6.07, 6.45) is 36.6. The van der Waals surface area contributed by atoms with Crippen molar-refractivity contribution < 1.29 is 29.3 Å². The average Bonchev–Trinajstić information content (AvgIpc) is 3.00. The molecule has 0 aliphatic rings. The quantitative estimate of drug-likeness (QED) is 0.0377. The lowest BCUT2D eigenvalue weighted by Gasteiger charge is -2.12. The molecule has 0 saturated carbocycles. The Morgan fingerprint density at radius 3 is 1.64 bits per heavy atom. The Balaban J connectivity index is 3.62. The van der Waals surface area contributed by atoms with Gasteiger partial charge in [-0.15, -0.1) is 0 Å². The highest BCUT2D eigenvalue weighted by molar-refractivity contribution is 5.69. The van der Waals surface area contributed by atoms with Crippen molar-refractivity contribution >= 4 is 11.9 Å². The van der Waals surface area contributed by atoms with Crippen molar-refractivity contribution in [1.82, 2.24) is 0 Å². The number of hydrogen-bond acceptors (Lipinski definition) is 6. The van der Waals surface area contributed by atoms with Gasteiger partial charge in [0.1, 0.15) is 19.3 Å². The van der Waals surface area contributed by atoms with Gasteiger partial charge in [-0.1, -0.05) is 139 Å². The molecule has 6 nitrogen and oxygen atoms in total. The highest BCUT2D eigenvalue weighted by Gasteiger charge is 2.12. The maximum Gasteiger partial charge on any atom is 0.305 e. The van der Waals surface area contributed by atoms with Gasteiger partial charge < -0.3 is 19.7 Å². The van der Waals surface area contributed by atoms with Crippen LogP contribution in [0.5, 0.6) is 0 Å². The van der Waals surface area contributed by atoms with E-state index in [1.54, 1.807) is 6.08 Å². The summed E-state index contributed by atoms with van der Waals surface area (Å²) < 4.78 is 10.2. The van der Waals surface area contributed by atoms with Crippen LogP contribution in [0.25, 0.3) is 0 Å². The molecule has 0 rings (SSSR count). The molecule has 44 heavy (non-hydrogen) atoms. The van der Waals surface area contributed by atoms with E-state index in [0.29, 0.717) is 19.3 Å². The molecule has 0 fully saturated rings. The molecule has 0 aromatic carbocycles. The van der Waals surface area contributed by atoms with Crippen LogP contribution in [0.3, 0.4) is 0 Å². The van der Waals surface area contributed by atoms with Crippen LogP contribution in [0.4, 0.5) is 0 Å². The van der Waals surface area contributed by atoms with Crippen LogP contribution >= 0.6 is 0 Å². The van der Waals surface area contributed by atoms with Crippen molar-refractivity contribution in [3.8, 4) is 0 Å². The van der Waals surface area contributed by atoms with E-state index in [9.17, 15) is 19.8 Å². The molecular formula is C38H64O6. The average molecular weight is 617 g/mol. The number of unbranched alkanes of at least 4 members (excludes halogenated alkanes) is 9. The maximum absolute atomic E-state index is 11.9. The molecule has 0 aromatic rings. The second-order valence-electron chi connectivity index (χ2n) is 11.9. The van der Waals surface area contributed by atoms with Crippen LogP contribution in [0.2, 0.25) is 0 Å².